The summed E-state index contributed by atoms with van der Waals surface area (Å²) in [6.07, 6.45) is 4.64. The molecule has 0 radical (unpaired) electrons. The zero-order valence-electron chi connectivity index (χ0n) is 13.6. The molecule has 0 atom stereocenters. The van der Waals surface area contributed by atoms with Gasteiger partial charge in [0.25, 0.3) is 11.5 Å². The summed E-state index contributed by atoms with van der Waals surface area (Å²) in [6.45, 7) is 0.191. The number of rotatable bonds is 4. The summed E-state index contributed by atoms with van der Waals surface area (Å²) in [5.74, 6) is 0.263. The lowest BCUT2D eigenvalue weighted by Crippen LogP contribution is -2.20. The third-order valence-electron chi connectivity index (χ3n) is 3.86. The van der Waals surface area contributed by atoms with E-state index >= 15 is 0 Å². The summed E-state index contributed by atoms with van der Waals surface area (Å²) in [5, 5.41) is 3.23. The van der Waals surface area contributed by atoms with Gasteiger partial charge in [-0.25, -0.2) is 4.98 Å². The zero-order valence-corrected chi connectivity index (χ0v) is 13.6. The lowest BCUT2D eigenvalue weighted by molar-refractivity contribution is 0.0994. The Morgan fingerprint density at radius 3 is 2.85 bits per heavy atom. The van der Waals surface area contributed by atoms with Crippen LogP contribution in [0.3, 0.4) is 0 Å². The molecule has 0 aliphatic carbocycles. The van der Waals surface area contributed by atoms with Crippen molar-refractivity contribution >= 4 is 22.5 Å². The predicted octanol–water partition coefficient (Wildman–Crippen LogP) is 2.69. The standard InChI is InChI=1S/C19H14N4O3/c24-18(22-13-4-3-9-20-10-13)17-8-7-14(26-17)11-23-12-21-16-6-2-1-5-15(16)19(23)25/h1-10,12H,11H2,(H,22,24). The van der Waals surface area contributed by atoms with Crippen LogP contribution in [-0.2, 0) is 6.54 Å². The second-order valence-corrected chi connectivity index (χ2v) is 5.66. The van der Waals surface area contributed by atoms with Crippen LogP contribution in [0.2, 0.25) is 0 Å². The van der Waals surface area contributed by atoms with E-state index in [9.17, 15) is 9.59 Å². The molecule has 0 saturated heterocycles. The first kappa shape index (κ1) is 15.8. The number of carbonyl (C=O) groups is 1. The Morgan fingerprint density at radius 1 is 1.12 bits per heavy atom. The number of para-hydroxylation sites is 1. The monoisotopic (exact) mass is 346 g/mol. The normalized spacial score (nSPS) is 10.8. The maximum Gasteiger partial charge on any atom is 0.291 e. The average molecular weight is 346 g/mol. The first-order valence-corrected chi connectivity index (χ1v) is 7.95. The van der Waals surface area contributed by atoms with E-state index in [1.165, 1.54) is 10.9 Å². The molecule has 0 aliphatic rings. The van der Waals surface area contributed by atoms with Crippen LogP contribution in [0.5, 0.6) is 0 Å². The summed E-state index contributed by atoms with van der Waals surface area (Å²) >= 11 is 0. The first-order valence-electron chi connectivity index (χ1n) is 7.95. The highest BCUT2D eigenvalue weighted by Gasteiger charge is 2.13. The highest BCUT2D eigenvalue weighted by Crippen LogP contribution is 2.13. The number of hydrogen-bond acceptors (Lipinski definition) is 5. The molecule has 0 aliphatic heterocycles. The Hall–Kier alpha value is -3.74. The summed E-state index contributed by atoms with van der Waals surface area (Å²) in [5.41, 5.74) is 1.06. The second-order valence-electron chi connectivity index (χ2n) is 5.66. The lowest BCUT2D eigenvalue weighted by Gasteiger charge is -2.05. The number of furan rings is 1. The summed E-state index contributed by atoms with van der Waals surface area (Å²) in [6, 6.07) is 13.8. The third kappa shape index (κ3) is 3.10. The fourth-order valence-corrected chi connectivity index (χ4v) is 2.60. The van der Waals surface area contributed by atoms with E-state index in [1.54, 1.807) is 54.9 Å². The molecule has 0 saturated carbocycles. The van der Waals surface area contributed by atoms with Crippen molar-refractivity contribution in [3.05, 3.63) is 89.1 Å². The number of aromatic nitrogens is 3. The minimum absolute atomic E-state index is 0.158. The van der Waals surface area contributed by atoms with Crippen LogP contribution in [-0.4, -0.2) is 20.4 Å². The largest absolute Gasteiger partial charge is 0.454 e. The van der Waals surface area contributed by atoms with Gasteiger partial charge in [-0.1, -0.05) is 12.1 Å². The molecule has 0 bridgehead atoms. The van der Waals surface area contributed by atoms with E-state index < -0.39 is 0 Å². The number of nitrogens with zero attached hydrogens (tertiary/aromatic N) is 3. The molecule has 0 spiro atoms. The lowest BCUT2D eigenvalue weighted by atomic mass is 10.2. The van der Waals surface area contributed by atoms with Gasteiger partial charge in [0.2, 0.25) is 0 Å². The molecule has 1 N–H and O–H groups in total. The highest BCUT2D eigenvalue weighted by atomic mass is 16.4. The number of carbonyl (C=O) groups excluding carboxylic acids is 1. The molecule has 3 aromatic heterocycles. The van der Waals surface area contributed by atoms with E-state index in [-0.39, 0.29) is 23.8 Å². The number of nitrogens with one attached hydrogen (secondary N) is 1. The van der Waals surface area contributed by atoms with Crippen molar-refractivity contribution in [1.82, 2.24) is 14.5 Å². The Balaban J connectivity index is 1.54. The molecule has 128 valence electrons. The minimum Gasteiger partial charge on any atom is -0.454 e. The van der Waals surface area contributed by atoms with Crippen molar-refractivity contribution in [3.63, 3.8) is 0 Å². The third-order valence-corrected chi connectivity index (χ3v) is 3.86. The molecule has 1 amide bonds. The maximum atomic E-state index is 12.5. The molecular formula is C19H14N4O3. The number of hydrogen-bond donors (Lipinski definition) is 1. The van der Waals surface area contributed by atoms with Gasteiger partial charge in [0, 0.05) is 6.20 Å². The molecule has 0 unspecified atom stereocenters. The van der Waals surface area contributed by atoms with Crippen LogP contribution < -0.4 is 10.9 Å². The van der Waals surface area contributed by atoms with Crippen LogP contribution in [0.4, 0.5) is 5.69 Å². The van der Waals surface area contributed by atoms with Gasteiger partial charge in [-0.15, -0.1) is 0 Å². The molecule has 7 heteroatoms. The number of amides is 1. The van der Waals surface area contributed by atoms with Crippen molar-refractivity contribution in [2.45, 2.75) is 6.54 Å². The van der Waals surface area contributed by atoms with Crippen molar-refractivity contribution in [1.29, 1.82) is 0 Å². The molecule has 7 nitrogen and oxygen atoms in total. The van der Waals surface area contributed by atoms with E-state index in [2.05, 4.69) is 15.3 Å². The Bertz CT molecular complexity index is 1130. The molecule has 3 heterocycles. The molecule has 1 aromatic carbocycles. The topological polar surface area (TPSA) is 90.0 Å². The molecule has 4 rings (SSSR count). The second kappa shape index (κ2) is 6.64. The molecule has 4 aromatic rings. The SMILES string of the molecule is O=C(Nc1cccnc1)c1ccc(Cn2cnc3ccccc3c2=O)o1. The molecule has 26 heavy (non-hydrogen) atoms. The number of benzene rings is 1. The number of fused-ring (bicyclic) bond motifs is 1. The van der Waals surface area contributed by atoms with Gasteiger partial charge in [-0.3, -0.25) is 19.1 Å². The molecular weight excluding hydrogens is 332 g/mol. The highest BCUT2D eigenvalue weighted by molar-refractivity contribution is 6.02. The molecule has 0 fully saturated rings. The van der Waals surface area contributed by atoms with Gasteiger partial charge in [0.1, 0.15) is 5.76 Å². The van der Waals surface area contributed by atoms with Gasteiger partial charge >= 0.3 is 0 Å². The van der Waals surface area contributed by atoms with Crippen LogP contribution in [0.25, 0.3) is 10.9 Å². The number of anilines is 1. The van der Waals surface area contributed by atoms with Gasteiger partial charge in [-0.2, -0.15) is 0 Å². The Kier molecular flexibility index (Phi) is 4.03. The Morgan fingerprint density at radius 2 is 2.00 bits per heavy atom. The smallest absolute Gasteiger partial charge is 0.291 e. The van der Waals surface area contributed by atoms with E-state index in [4.69, 9.17) is 4.42 Å². The average Bonchev–Trinajstić information content (AvgIpc) is 3.14. The van der Waals surface area contributed by atoms with Crippen molar-refractivity contribution in [3.8, 4) is 0 Å². The van der Waals surface area contributed by atoms with Gasteiger partial charge in [0.05, 0.1) is 35.7 Å². The Labute approximate surface area is 147 Å². The fraction of sp³-hybridized carbons (Fsp3) is 0.0526. The number of pyridine rings is 1. The van der Waals surface area contributed by atoms with Crippen molar-refractivity contribution in [2.24, 2.45) is 0 Å². The van der Waals surface area contributed by atoms with E-state index in [0.717, 1.165) is 0 Å². The van der Waals surface area contributed by atoms with Crippen LogP contribution in [0.15, 0.2) is 76.5 Å². The summed E-state index contributed by atoms with van der Waals surface area (Å²) < 4.78 is 7.02. The zero-order chi connectivity index (χ0) is 17.9. The van der Waals surface area contributed by atoms with Gasteiger partial charge in [-0.05, 0) is 36.4 Å². The van der Waals surface area contributed by atoms with Crippen molar-refractivity contribution in [2.75, 3.05) is 5.32 Å². The van der Waals surface area contributed by atoms with Crippen molar-refractivity contribution < 1.29 is 9.21 Å². The van der Waals surface area contributed by atoms with E-state index in [1.807, 2.05) is 6.07 Å². The quantitative estimate of drug-likeness (QED) is 0.613. The van der Waals surface area contributed by atoms with Crippen LogP contribution >= 0.6 is 0 Å². The first-order chi connectivity index (χ1) is 12.7. The predicted molar refractivity (Wildman–Crippen MR) is 96.0 cm³/mol. The van der Waals surface area contributed by atoms with E-state index in [0.29, 0.717) is 22.4 Å². The fourth-order valence-electron chi connectivity index (χ4n) is 2.60. The maximum absolute atomic E-state index is 12.5. The summed E-state index contributed by atoms with van der Waals surface area (Å²) in [7, 11) is 0. The van der Waals surface area contributed by atoms with Gasteiger partial charge in [0.15, 0.2) is 5.76 Å². The van der Waals surface area contributed by atoms with Crippen LogP contribution in [0, 0.1) is 0 Å². The minimum atomic E-state index is -0.381. The van der Waals surface area contributed by atoms with Crippen LogP contribution in [0.1, 0.15) is 16.3 Å². The summed E-state index contributed by atoms with van der Waals surface area (Å²) in [4.78, 5) is 32.9. The van der Waals surface area contributed by atoms with Gasteiger partial charge < -0.3 is 9.73 Å².